The highest BCUT2D eigenvalue weighted by atomic mass is 16.2. The van der Waals surface area contributed by atoms with E-state index in [2.05, 4.69) is 56.1 Å². The van der Waals surface area contributed by atoms with Crippen molar-refractivity contribution in [2.75, 3.05) is 31.5 Å². The Labute approximate surface area is 182 Å². The van der Waals surface area contributed by atoms with E-state index in [1.807, 2.05) is 17.0 Å². The van der Waals surface area contributed by atoms with Gasteiger partial charge in [0.1, 0.15) is 0 Å². The van der Waals surface area contributed by atoms with Crippen LogP contribution in [-0.2, 0) is 6.42 Å². The molecule has 0 radical (unpaired) electrons. The van der Waals surface area contributed by atoms with Gasteiger partial charge in [-0.3, -0.25) is 4.90 Å². The van der Waals surface area contributed by atoms with E-state index >= 15 is 0 Å². The van der Waals surface area contributed by atoms with Crippen molar-refractivity contribution in [2.24, 2.45) is 17.3 Å². The molecule has 4 heteroatoms. The minimum atomic E-state index is 0.0430. The zero-order chi connectivity index (χ0) is 21.3. The first kappa shape index (κ1) is 21.4. The fourth-order valence-electron chi connectivity index (χ4n) is 5.94. The Hall–Kier alpha value is -1.81. The van der Waals surface area contributed by atoms with Crippen molar-refractivity contribution in [1.82, 2.24) is 9.80 Å². The lowest BCUT2D eigenvalue weighted by molar-refractivity contribution is -0.0117. The number of benzene rings is 1. The number of aryl methyl sites for hydroxylation is 1. The number of hydrogen-bond acceptors (Lipinski definition) is 2. The molecule has 2 unspecified atom stereocenters. The lowest BCUT2D eigenvalue weighted by Gasteiger charge is -2.57. The number of allylic oxidation sites excluding steroid dienone is 1. The topological polar surface area (TPSA) is 35.6 Å². The monoisotopic (exact) mass is 409 g/mol. The van der Waals surface area contributed by atoms with Crippen LogP contribution in [0.15, 0.2) is 35.9 Å². The molecule has 2 amide bonds. The molecule has 0 spiro atoms. The van der Waals surface area contributed by atoms with Crippen LogP contribution in [0.3, 0.4) is 0 Å². The van der Waals surface area contributed by atoms with Gasteiger partial charge in [-0.05, 0) is 74.0 Å². The Morgan fingerprint density at radius 2 is 2.00 bits per heavy atom. The van der Waals surface area contributed by atoms with Crippen LogP contribution < -0.4 is 5.32 Å². The van der Waals surface area contributed by atoms with Crippen molar-refractivity contribution in [3.05, 3.63) is 41.5 Å². The average Bonchev–Trinajstić information content (AvgIpc) is 2.75. The maximum atomic E-state index is 13.0. The van der Waals surface area contributed by atoms with Crippen LogP contribution in [-0.4, -0.2) is 48.1 Å². The third kappa shape index (κ3) is 4.16. The Balaban J connectivity index is 1.30. The number of nitrogens with zero attached hydrogens (tertiary/aromatic N) is 2. The number of piperidine rings is 1. The summed E-state index contributed by atoms with van der Waals surface area (Å²) in [6.45, 7) is 13.2. The van der Waals surface area contributed by atoms with Crippen molar-refractivity contribution in [1.29, 1.82) is 0 Å². The molecule has 2 bridgehead atoms. The quantitative estimate of drug-likeness (QED) is 0.624. The van der Waals surface area contributed by atoms with Gasteiger partial charge in [-0.2, -0.15) is 0 Å². The SMILES string of the molecule is CCc1cccc(NC(=O)N(CC)C2CCN(CC3=CCC4CC3C4(C)C)CC2)c1. The van der Waals surface area contributed by atoms with Gasteiger partial charge in [0.15, 0.2) is 0 Å². The number of nitrogens with one attached hydrogen (secondary N) is 1. The second kappa shape index (κ2) is 8.74. The summed E-state index contributed by atoms with van der Waals surface area (Å²) in [5.41, 5.74) is 4.35. The van der Waals surface area contributed by atoms with Crippen LogP contribution in [0.5, 0.6) is 0 Å². The molecule has 1 heterocycles. The van der Waals surface area contributed by atoms with Gasteiger partial charge in [0.2, 0.25) is 0 Å². The van der Waals surface area contributed by atoms with Crippen molar-refractivity contribution in [3.63, 3.8) is 0 Å². The average molecular weight is 410 g/mol. The van der Waals surface area contributed by atoms with Gasteiger partial charge >= 0.3 is 6.03 Å². The van der Waals surface area contributed by atoms with E-state index in [-0.39, 0.29) is 6.03 Å². The fraction of sp³-hybridized carbons (Fsp3) is 0.654. The number of amides is 2. The van der Waals surface area contributed by atoms with E-state index in [1.54, 1.807) is 5.57 Å². The Kier molecular flexibility index (Phi) is 6.24. The Bertz CT molecular complexity index is 791. The first-order valence-corrected chi connectivity index (χ1v) is 12.0. The van der Waals surface area contributed by atoms with E-state index < -0.39 is 0 Å². The molecule has 1 saturated carbocycles. The third-order valence-corrected chi connectivity index (χ3v) is 8.17. The van der Waals surface area contributed by atoms with Gasteiger partial charge in [-0.15, -0.1) is 0 Å². The highest BCUT2D eigenvalue weighted by molar-refractivity contribution is 5.89. The van der Waals surface area contributed by atoms with Crippen molar-refractivity contribution in [3.8, 4) is 0 Å². The molecule has 1 N–H and O–H groups in total. The van der Waals surface area contributed by atoms with Crippen molar-refractivity contribution in [2.45, 2.75) is 65.8 Å². The molecule has 2 atom stereocenters. The molecule has 5 rings (SSSR count). The second-order valence-electron chi connectivity index (χ2n) is 10.1. The number of anilines is 1. The first-order chi connectivity index (χ1) is 14.4. The van der Waals surface area contributed by atoms with Crippen LogP contribution in [0.25, 0.3) is 0 Å². The van der Waals surface area contributed by atoms with Crippen LogP contribution in [0.1, 0.15) is 58.9 Å². The standard InChI is InChI=1S/C26H39N3O/c1-5-19-8-7-9-22(16-19)27-25(30)29(6-2)23-12-14-28(15-13-23)18-20-10-11-21-17-24(20)26(21,3)4/h7-10,16,21,23-24H,5-6,11-15,17-18H2,1-4H3,(H,27,30). The molecule has 1 aromatic rings. The number of carbonyl (C=O) groups is 1. The van der Waals surface area contributed by atoms with Gasteiger partial charge in [0.25, 0.3) is 0 Å². The minimum absolute atomic E-state index is 0.0430. The smallest absolute Gasteiger partial charge is 0.322 e. The maximum Gasteiger partial charge on any atom is 0.322 e. The number of likely N-dealkylation sites (tertiary alicyclic amines) is 1. The predicted molar refractivity (Wildman–Crippen MR) is 125 cm³/mol. The van der Waals surface area contributed by atoms with Crippen LogP contribution in [0, 0.1) is 17.3 Å². The molecule has 4 aliphatic rings. The molecular weight excluding hydrogens is 370 g/mol. The second-order valence-corrected chi connectivity index (χ2v) is 10.1. The maximum absolute atomic E-state index is 13.0. The van der Waals surface area contributed by atoms with E-state index in [4.69, 9.17) is 0 Å². The predicted octanol–water partition coefficient (Wildman–Crippen LogP) is 5.56. The highest BCUT2D eigenvalue weighted by Crippen LogP contribution is 2.59. The fourth-order valence-corrected chi connectivity index (χ4v) is 5.94. The van der Waals surface area contributed by atoms with Crippen molar-refractivity contribution >= 4 is 11.7 Å². The normalized spacial score (nSPS) is 25.9. The molecule has 1 saturated heterocycles. The van der Waals surface area contributed by atoms with Gasteiger partial charge in [0.05, 0.1) is 0 Å². The van der Waals surface area contributed by atoms with Gasteiger partial charge in [-0.25, -0.2) is 4.79 Å². The summed E-state index contributed by atoms with van der Waals surface area (Å²) < 4.78 is 0. The number of rotatable bonds is 6. The summed E-state index contributed by atoms with van der Waals surface area (Å²) in [6, 6.07) is 8.58. The zero-order valence-corrected chi connectivity index (χ0v) is 19.3. The molecule has 3 aliphatic carbocycles. The molecule has 1 aromatic carbocycles. The molecule has 4 nitrogen and oxygen atoms in total. The van der Waals surface area contributed by atoms with Crippen LogP contribution >= 0.6 is 0 Å². The molecular formula is C26H39N3O. The number of hydrogen-bond donors (Lipinski definition) is 1. The van der Waals surface area contributed by atoms with Crippen LogP contribution in [0.4, 0.5) is 10.5 Å². The summed E-state index contributed by atoms with van der Waals surface area (Å²) in [7, 11) is 0. The van der Waals surface area contributed by atoms with Gasteiger partial charge in [-0.1, -0.05) is 44.6 Å². The number of urea groups is 1. The summed E-state index contributed by atoms with van der Waals surface area (Å²) in [6.07, 6.45) is 8.33. The summed E-state index contributed by atoms with van der Waals surface area (Å²) in [4.78, 5) is 17.6. The molecule has 1 aliphatic heterocycles. The number of carbonyl (C=O) groups excluding carboxylic acids is 1. The molecule has 2 fully saturated rings. The molecule has 30 heavy (non-hydrogen) atoms. The van der Waals surface area contributed by atoms with Gasteiger partial charge in [0, 0.05) is 37.9 Å². The highest BCUT2D eigenvalue weighted by Gasteiger charge is 2.51. The first-order valence-electron chi connectivity index (χ1n) is 12.0. The van der Waals surface area contributed by atoms with E-state index in [9.17, 15) is 4.79 Å². The van der Waals surface area contributed by atoms with Crippen molar-refractivity contribution < 1.29 is 4.79 Å². The molecule has 0 aromatic heterocycles. The summed E-state index contributed by atoms with van der Waals surface area (Å²) >= 11 is 0. The zero-order valence-electron chi connectivity index (χ0n) is 19.3. The number of fused-ring (bicyclic) bond motifs is 1. The Morgan fingerprint density at radius 1 is 1.23 bits per heavy atom. The van der Waals surface area contributed by atoms with Crippen LogP contribution in [0.2, 0.25) is 0 Å². The Morgan fingerprint density at radius 3 is 2.63 bits per heavy atom. The van der Waals surface area contributed by atoms with Gasteiger partial charge < -0.3 is 10.2 Å². The van der Waals surface area contributed by atoms with E-state index in [0.29, 0.717) is 11.5 Å². The van der Waals surface area contributed by atoms with E-state index in [0.717, 1.165) is 63.0 Å². The third-order valence-electron chi connectivity index (χ3n) is 8.17. The summed E-state index contributed by atoms with van der Waals surface area (Å²) in [5, 5.41) is 3.13. The van der Waals surface area contributed by atoms with E-state index in [1.165, 1.54) is 18.4 Å². The summed E-state index contributed by atoms with van der Waals surface area (Å²) in [5.74, 6) is 1.71. The lowest BCUT2D eigenvalue weighted by atomic mass is 9.49. The lowest BCUT2D eigenvalue weighted by Crippen LogP contribution is -2.52. The minimum Gasteiger partial charge on any atom is -0.322 e. The largest absolute Gasteiger partial charge is 0.322 e. The molecule has 164 valence electrons.